The van der Waals surface area contributed by atoms with Crippen molar-refractivity contribution in [2.24, 2.45) is 5.73 Å². The van der Waals surface area contributed by atoms with Gasteiger partial charge in [-0.25, -0.2) is 4.98 Å². The van der Waals surface area contributed by atoms with E-state index in [1.807, 2.05) is 0 Å². The van der Waals surface area contributed by atoms with Crippen LogP contribution in [0, 0.1) is 13.8 Å². The summed E-state index contributed by atoms with van der Waals surface area (Å²) in [5, 5.41) is 0. The average molecular weight is 245 g/mol. The summed E-state index contributed by atoms with van der Waals surface area (Å²) in [5.74, 6) is 1.12. The molecule has 0 unspecified atom stereocenters. The molecule has 0 atom stereocenters. The normalized spacial score (nSPS) is 12.3. The number of aryl methyl sites for hydroxylation is 2. The van der Waals surface area contributed by atoms with E-state index in [9.17, 15) is 0 Å². The molecule has 3 nitrogen and oxygen atoms in total. The summed E-state index contributed by atoms with van der Waals surface area (Å²) in [5.41, 5.74) is 10.7. The van der Waals surface area contributed by atoms with Gasteiger partial charge in [-0.3, -0.25) is 0 Å². The first-order valence-electron chi connectivity index (χ1n) is 6.52. The fraction of sp³-hybridized carbons (Fsp3) is 0.533. The van der Waals surface area contributed by atoms with Crippen LogP contribution in [-0.2, 0) is 12.0 Å². The van der Waals surface area contributed by atoms with Gasteiger partial charge < -0.3 is 10.3 Å². The third kappa shape index (κ3) is 2.15. The van der Waals surface area contributed by atoms with Gasteiger partial charge in [-0.2, -0.15) is 0 Å². The van der Waals surface area contributed by atoms with E-state index in [2.05, 4.69) is 51.3 Å². The summed E-state index contributed by atoms with van der Waals surface area (Å²) in [7, 11) is 0. The topological polar surface area (TPSA) is 43.8 Å². The molecule has 0 amide bonds. The van der Waals surface area contributed by atoms with Crippen molar-refractivity contribution in [1.29, 1.82) is 0 Å². The Balaban J connectivity index is 2.75. The van der Waals surface area contributed by atoms with E-state index >= 15 is 0 Å². The Bertz CT molecular complexity index is 573. The third-order valence-corrected chi connectivity index (χ3v) is 3.39. The van der Waals surface area contributed by atoms with E-state index in [4.69, 9.17) is 10.7 Å². The highest BCUT2D eigenvalue weighted by molar-refractivity contribution is 5.78. The van der Waals surface area contributed by atoms with Gasteiger partial charge in [-0.15, -0.1) is 0 Å². The van der Waals surface area contributed by atoms with Crippen LogP contribution in [0.25, 0.3) is 11.0 Å². The molecule has 2 N–H and O–H groups in total. The molecule has 98 valence electrons. The zero-order valence-corrected chi connectivity index (χ0v) is 12.0. The Hall–Kier alpha value is -1.35. The first-order valence-corrected chi connectivity index (χ1v) is 6.52. The molecule has 3 heteroatoms. The van der Waals surface area contributed by atoms with E-state index in [-0.39, 0.29) is 5.41 Å². The van der Waals surface area contributed by atoms with Gasteiger partial charge in [0.25, 0.3) is 0 Å². The van der Waals surface area contributed by atoms with E-state index in [0.717, 1.165) is 17.9 Å². The number of benzene rings is 1. The molecule has 1 aromatic heterocycles. The van der Waals surface area contributed by atoms with Crippen molar-refractivity contribution in [1.82, 2.24) is 9.55 Å². The minimum Gasteiger partial charge on any atom is -0.329 e. The minimum atomic E-state index is 0.0377. The van der Waals surface area contributed by atoms with E-state index < -0.39 is 0 Å². The van der Waals surface area contributed by atoms with Gasteiger partial charge >= 0.3 is 0 Å². The third-order valence-electron chi connectivity index (χ3n) is 3.39. The molecule has 1 aromatic carbocycles. The molecular formula is C15H23N3. The van der Waals surface area contributed by atoms with Gasteiger partial charge in [-0.05, 0) is 37.1 Å². The molecule has 0 saturated carbocycles. The summed E-state index contributed by atoms with van der Waals surface area (Å²) >= 11 is 0. The number of fused-ring (bicyclic) bond motifs is 1. The first-order chi connectivity index (χ1) is 8.34. The highest BCUT2D eigenvalue weighted by atomic mass is 15.1. The summed E-state index contributed by atoms with van der Waals surface area (Å²) in [4.78, 5) is 4.81. The molecule has 2 rings (SSSR count). The smallest absolute Gasteiger partial charge is 0.115 e. The van der Waals surface area contributed by atoms with E-state index in [1.165, 1.54) is 16.6 Å². The summed E-state index contributed by atoms with van der Waals surface area (Å²) in [6, 6.07) is 4.40. The maximum Gasteiger partial charge on any atom is 0.115 e. The quantitative estimate of drug-likeness (QED) is 0.884. The molecule has 1 heterocycles. The number of imidazole rings is 1. The van der Waals surface area contributed by atoms with Crippen LogP contribution in [0.5, 0.6) is 0 Å². The van der Waals surface area contributed by atoms with Crippen LogP contribution in [0.2, 0.25) is 0 Å². The molecule has 18 heavy (non-hydrogen) atoms. The highest BCUT2D eigenvalue weighted by Crippen LogP contribution is 2.27. The molecule has 0 saturated heterocycles. The standard InChI is InChI=1S/C15H23N3/c1-10-8-12-13(9-11(10)2)18(7-6-16)14(17-12)15(3,4)5/h8-9H,6-7,16H2,1-5H3. The number of hydrogen-bond donors (Lipinski definition) is 1. The molecule has 0 spiro atoms. The van der Waals surface area contributed by atoms with Gasteiger partial charge in [0.05, 0.1) is 11.0 Å². The molecule has 0 bridgehead atoms. The highest BCUT2D eigenvalue weighted by Gasteiger charge is 2.22. The van der Waals surface area contributed by atoms with Crippen molar-refractivity contribution >= 4 is 11.0 Å². The Morgan fingerprint density at radius 3 is 2.33 bits per heavy atom. The zero-order chi connectivity index (χ0) is 13.5. The molecule has 0 fully saturated rings. The monoisotopic (exact) mass is 245 g/mol. The van der Waals surface area contributed by atoms with Crippen LogP contribution >= 0.6 is 0 Å². The van der Waals surface area contributed by atoms with Crippen molar-refractivity contribution in [2.45, 2.75) is 46.6 Å². The van der Waals surface area contributed by atoms with Gasteiger partial charge in [0, 0.05) is 18.5 Å². The van der Waals surface area contributed by atoms with Crippen molar-refractivity contribution in [2.75, 3.05) is 6.54 Å². The molecular weight excluding hydrogens is 222 g/mol. The van der Waals surface area contributed by atoms with Crippen LogP contribution in [0.4, 0.5) is 0 Å². The number of nitrogens with two attached hydrogens (primary N) is 1. The maximum atomic E-state index is 5.74. The van der Waals surface area contributed by atoms with Crippen molar-refractivity contribution in [3.8, 4) is 0 Å². The van der Waals surface area contributed by atoms with Gasteiger partial charge in [0.1, 0.15) is 5.82 Å². The molecule has 0 aliphatic carbocycles. The van der Waals surface area contributed by atoms with E-state index in [0.29, 0.717) is 6.54 Å². The fourth-order valence-corrected chi connectivity index (χ4v) is 2.31. The Morgan fingerprint density at radius 2 is 1.78 bits per heavy atom. The fourth-order valence-electron chi connectivity index (χ4n) is 2.31. The van der Waals surface area contributed by atoms with Crippen molar-refractivity contribution < 1.29 is 0 Å². The van der Waals surface area contributed by atoms with Crippen molar-refractivity contribution in [3.05, 3.63) is 29.1 Å². The van der Waals surface area contributed by atoms with Crippen LogP contribution in [0.15, 0.2) is 12.1 Å². The predicted octanol–water partition coefficient (Wildman–Crippen LogP) is 2.91. The Kier molecular flexibility index (Phi) is 3.20. The molecule has 2 aromatic rings. The van der Waals surface area contributed by atoms with Crippen LogP contribution in [0.3, 0.4) is 0 Å². The number of nitrogens with zero attached hydrogens (tertiary/aromatic N) is 2. The zero-order valence-electron chi connectivity index (χ0n) is 12.0. The predicted molar refractivity (Wildman–Crippen MR) is 77.0 cm³/mol. The Morgan fingerprint density at radius 1 is 1.17 bits per heavy atom. The first kappa shape index (κ1) is 13.1. The van der Waals surface area contributed by atoms with E-state index in [1.54, 1.807) is 0 Å². The lowest BCUT2D eigenvalue weighted by molar-refractivity contribution is 0.506. The molecule has 0 aliphatic heterocycles. The maximum absolute atomic E-state index is 5.74. The van der Waals surface area contributed by atoms with Crippen LogP contribution in [-0.4, -0.2) is 16.1 Å². The van der Waals surface area contributed by atoms with Crippen LogP contribution in [0.1, 0.15) is 37.7 Å². The Labute approximate surface area is 109 Å². The summed E-state index contributed by atoms with van der Waals surface area (Å²) < 4.78 is 2.27. The van der Waals surface area contributed by atoms with Crippen molar-refractivity contribution in [3.63, 3.8) is 0 Å². The SMILES string of the molecule is Cc1cc2nc(C(C)(C)C)n(CCN)c2cc1C. The van der Waals surface area contributed by atoms with Gasteiger partial charge in [-0.1, -0.05) is 20.8 Å². The average Bonchev–Trinajstić information content (AvgIpc) is 2.58. The van der Waals surface area contributed by atoms with Gasteiger partial charge in [0.2, 0.25) is 0 Å². The largest absolute Gasteiger partial charge is 0.329 e. The molecule has 0 radical (unpaired) electrons. The number of rotatable bonds is 2. The summed E-state index contributed by atoms with van der Waals surface area (Å²) in [6.07, 6.45) is 0. The lowest BCUT2D eigenvalue weighted by Crippen LogP contribution is -2.21. The van der Waals surface area contributed by atoms with Crippen LogP contribution < -0.4 is 5.73 Å². The second kappa shape index (κ2) is 4.39. The minimum absolute atomic E-state index is 0.0377. The number of hydrogen-bond acceptors (Lipinski definition) is 2. The number of aromatic nitrogens is 2. The second-order valence-electron chi connectivity index (χ2n) is 6.05. The lowest BCUT2D eigenvalue weighted by Gasteiger charge is -2.19. The summed E-state index contributed by atoms with van der Waals surface area (Å²) in [6.45, 7) is 12.3. The molecule has 0 aliphatic rings. The lowest BCUT2D eigenvalue weighted by atomic mass is 9.95. The second-order valence-corrected chi connectivity index (χ2v) is 6.05. The van der Waals surface area contributed by atoms with Gasteiger partial charge in [0.15, 0.2) is 0 Å².